The van der Waals surface area contributed by atoms with Crippen molar-refractivity contribution in [3.05, 3.63) is 60.0 Å². The fourth-order valence-electron chi connectivity index (χ4n) is 4.22. The summed E-state index contributed by atoms with van der Waals surface area (Å²) in [5.41, 5.74) is 1.81. The zero-order valence-corrected chi connectivity index (χ0v) is 19.3. The molecule has 3 amide bonds. The minimum Gasteiger partial charge on any atom is -0.496 e. The lowest BCUT2D eigenvalue weighted by Crippen LogP contribution is -2.51. The number of hydrogen-bond donors (Lipinski definition) is 4. The summed E-state index contributed by atoms with van der Waals surface area (Å²) in [6.45, 7) is 0.601. The van der Waals surface area contributed by atoms with E-state index in [1.807, 2.05) is 18.2 Å². The number of rotatable bonds is 9. The van der Waals surface area contributed by atoms with E-state index in [9.17, 15) is 14.4 Å². The Morgan fingerprint density at radius 2 is 2.14 bits per heavy atom. The maximum absolute atomic E-state index is 13.2. The molecule has 4 rings (SSSR count). The molecule has 9 heteroatoms. The number of fused-ring (bicyclic) bond motifs is 1. The number of terminal acetylenes is 1. The van der Waals surface area contributed by atoms with Gasteiger partial charge in [0.25, 0.3) is 5.91 Å². The number of methoxy groups -OCH3 is 1. The van der Waals surface area contributed by atoms with Gasteiger partial charge in [-0.1, -0.05) is 18.1 Å². The number of nitrogens with zero attached hydrogens (tertiary/aromatic N) is 1. The van der Waals surface area contributed by atoms with E-state index in [1.54, 1.807) is 37.7 Å². The summed E-state index contributed by atoms with van der Waals surface area (Å²) in [6, 6.07) is 9.20. The number of amides is 3. The molecule has 0 spiro atoms. The van der Waals surface area contributed by atoms with Gasteiger partial charge in [-0.15, -0.1) is 6.42 Å². The topological polar surface area (TPSA) is 125 Å². The molecule has 3 unspecified atom stereocenters. The monoisotopic (exact) mass is 473 g/mol. The first-order chi connectivity index (χ1) is 17.0. The van der Waals surface area contributed by atoms with Crippen LogP contribution in [0.4, 0.5) is 0 Å². The van der Waals surface area contributed by atoms with Crippen molar-refractivity contribution >= 4 is 28.6 Å². The smallest absolute Gasteiger partial charge is 0.268 e. The highest BCUT2D eigenvalue weighted by Gasteiger charge is 2.29. The zero-order chi connectivity index (χ0) is 24.8. The Hall–Kier alpha value is -4.32. The van der Waals surface area contributed by atoms with Gasteiger partial charge in [0.1, 0.15) is 17.5 Å². The van der Waals surface area contributed by atoms with Gasteiger partial charge in [0, 0.05) is 42.2 Å². The van der Waals surface area contributed by atoms with Crippen LogP contribution in [0.25, 0.3) is 10.9 Å². The summed E-state index contributed by atoms with van der Waals surface area (Å²) in [6.07, 6.45) is 10.2. The van der Waals surface area contributed by atoms with E-state index >= 15 is 0 Å². The Labute approximate surface area is 203 Å². The second-order valence-corrected chi connectivity index (χ2v) is 8.44. The average molecular weight is 474 g/mol. The molecule has 3 heterocycles. The van der Waals surface area contributed by atoms with Crippen LogP contribution < -0.4 is 20.7 Å². The van der Waals surface area contributed by atoms with E-state index in [0.717, 1.165) is 16.5 Å². The number of carbonyl (C=O) groups excluding carboxylic acids is 3. The van der Waals surface area contributed by atoms with Crippen LogP contribution >= 0.6 is 0 Å². The first-order valence-electron chi connectivity index (χ1n) is 11.4. The van der Waals surface area contributed by atoms with Gasteiger partial charge in [-0.3, -0.25) is 19.4 Å². The summed E-state index contributed by atoms with van der Waals surface area (Å²) >= 11 is 0. The van der Waals surface area contributed by atoms with Gasteiger partial charge in [0.05, 0.1) is 13.2 Å². The lowest BCUT2D eigenvalue weighted by molar-refractivity contribution is -0.125. The largest absolute Gasteiger partial charge is 0.496 e. The van der Waals surface area contributed by atoms with Crippen LogP contribution in [-0.2, 0) is 16.0 Å². The number of H-pyrrole nitrogens is 1. The first kappa shape index (κ1) is 23.8. The molecule has 3 atom stereocenters. The Bertz CT molecular complexity index is 1260. The zero-order valence-electron chi connectivity index (χ0n) is 19.3. The van der Waals surface area contributed by atoms with Gasteiger partial charge in [-0.05, 0) is 42.7 Å². The Kier molecular flexibility index (Phi) is 7.31. The normalized spacial score (nSPS) is 16.7. The second kappa shape index (κ2) is 10.7. The fourth-order valence-corrected chi connectivity index (χ4v) is 4.22. The number of pyridine rings is 1. The third-order valence-corrected chi connectivity index (χ3v) is 6.07. The SMILES string of the molecule is C#CC(CC1CCNC1=O)NC(=O)C(Cc1cccnc1)NC(=O)c1cc2c(OC)cccc2[nH]1. The highest BCUT2D eigenvalue weighted by molar-refractivity contribution is 6.01. The van der Waals surface area contributed by atoms with Crippen molar-refractivity contribution in [1.82, 2.24) is 25.9 Å². The number of nitrogens with one attached hydrogen (secondary N) is 4. The summed E-state index contributed by atoms with van der Waals surface area (Å²) in [7, 11) is 1.56. The predicted molar refractivity (Wildman–Crippen MR) is 131 cm³/mol. The Balaban J connectivity index is 1.52. The maximum atomic E-state index is 13.2. The lowest BCUT2D eigenvalue weighted by atomic mass is 9.98. The molecular formula is C26H27N5O4. The van der Waals surface area contributed by atoms with Gasteiger partial charge in [-0.25, -0.2) is 0 Å². The van der Waals surface area contributed by atoms with Crippen molar-refractivity contribution in [2.24, 2.45) is 5.92 Å². The van der Waals surface area contributed by atoms with Crippen molar-refractivity contribution < 1.29 is 19.1 Å². The molecule has 1 fully saturated rings. The standard InChI is InChI=1S/C26H27N5O4/c1-3-18(13-17-9-11-28-24(17)32)29-25(33)21(12-16-6-5-10-27-15-16)31-26(34)22-14-19-20(30-22)7-4-8-23(19)35-2/h1,4-8,10,14-15,17-18,21,30H,9,11-13H2,2H3,(H,28,32)(H,29,33)(H,31,34). The summed E-state index contributed by atoms with van der Waals surface area (Å²) in [5, 5.41) is 9.16. The highest BCUT2D eigenvalue weighted by Crippen LogP contribution is 2.26. The van der Waals surface area contributed by atoms with E-state index < -0.39 is 23.9 Å². The van der Waals surface area contributed by atoms with E-state index in [1.165, 1.54) is 0 Å². The number of carbonyl (C=O) groups is 3. The summed E-state index contributed by atoms with van der Waals surface area (Å²) in [5.74, 6) is 2.01. The van der Waals surface area contributed by atoms with E-state index in [0.29, 0.717) is 30.8 Å². The van der Waals surface area contributed by atoms with Crippen molar-refractivity contribution in [2.75, 3.05) is 13.7 Å². The van der Waals surface area contributed by atoms with Gasteiger partial charge in [-0.2, -0.15) is 0 Å². The van der Waals surface area contributed by atoms with Crippen molar-refractivity contribution in [3.63, 3.8) is 0 Å². The van der Waals surface area contributed by atoms with Gasteiger partial charge in [0.2, 0.25) is 11.8 Å². The van der Waals surface area contributed by atoms with Gasteiger partial charge >= 0.3 is 0 Å². The van der Waals surface area contributed by atoms with Crippen molar-refractivity contribution in [1.29, 1.82) is 0 Å². The minimum absolute atomic E-state index is 0.0612. The molecule has 35 heavy (non-hydrogen) atoms. The molecule has 0 bridgehead atoms. The van der Waals surface area contributed by atoms with Gasteiger partial charge < -0.3 is 25.7 Å². The molecule has 2 aromatic heterocycles. The molecule has 1 saturated heterocycles. The van der Waals surface area contributed by atoms with E-state index in [2.05, 4.69) is 31.8 Å². The number of aromatic amines is 1. The van der Waals surface area contributed by atoms with Crippen LogP contribution in [-0.4, -0.2) is 53.4 Å². The average Bonchev–Trinajstić information content (AvgIpc) is 3.49. The van der Waals surface area contributed by atoms with Crippen LogP contribution in [0.1, 0.15) is 28.9 Å². The molecule has 0 saturated carbocycles. The number of benzene rings is 1. The summed E-state index contributed by atoms with van der Waals surface area (Å²) in [4.78, 5) is 45.5. The van der Waals surface area contributed by atoms with Crippen molar-refractivity contribution in [3.8, 4) is 18.1 Å². The number of ether oxygens (including phenoxy) is 1. The first-order valence-corrected chi connectivity index (χ1v) is 11.4. The van der Waals surface area contributed by atoms with E-state index in [4.69, 9.17) is 11.2 Å². The lowest BCUT2D eigenvalue weighted by Gasteiger charge is -2.22. The molecule has 1 aliphatic heterocycles. The second-order valence-electron chi connectivity index (χ2n) is 8.44. The molecule has 0 aliphatic carbocycles. The quantitative estimate of drug-likeness (QED) is 0.351. The molecular weight excluding hydrogens is 446 g/mol. The van der Waals surface area contributed by atoms with Crippen LogP contribution in [0, 0.1) is 18.3 Å². The Morgan fingerprint density at radius 3 is 2.83 bits per heavy atom. The van der Waals surface area contributed by atoms with Crippen LogP contribution in [0.2, 0.25) is 0 Å². The number of hydrogen-bond acceptors (Lipinski definition) is 5. The van der Waals surface area contributed by atoms with E-state index in [-0.39, 0.29) is 18.2 Å². The molecule has 180 valence electrons. The molecule has 1 aromatic carbocycles. The number of aromatic nitrogens is 2. The molecule has 1 aliphatic rings. The Morgan fingerprint density at radius 1 is 1.29 bits per heavy atom. The van der Waals surface area contributed by atoms with Gasteiger partial charge in [0.15, 0.2) is 0 Å². The minimum atomic E-state index is -0.909. The van der Waals surface area contributed by atoms with Crippen LogP contribution in [0.15, 0.2) is 48.8 Å². The predicted octanol–water partition coefficient (Wildman–Crippen LogP) is 1.56. The third-order valence-electron chi connectivity index (χ3n) is 6.07. The van der Waals surface area contributed by atoms with Crippen LogP contribution in [0.3, 0.4) is 0 Å². The molecule has 0 radical (unpaired) electrons. The third kappa shape index (κ3) is 5.61. The fraction of sp³-hybridized carbons (Fsp3) is 0.308. The van der Waals surface area contributed by atoms with Crippen LogP contribution in [0.5, 0.6) is 5.75 Å². The summed E-state index contributed by atoms with van der Waals surface area (Å²) < 4.78 is 5.37. The maximum Gasteiger partial charge on any atom is 0.268 e. The molecule has 3 aromatic rings. The van der Waals surface area contributed by atoms with Crippen molar-refractivity contribution in [2.45, 2.75) is 31.3 Å². The molecule has 9 nitrogen and oxygen atoms in total. The molecule has 4 N–H and O–H groups in total. The highest BCUT2D eigenvalue weighted by atomic mass is 16.5.